The Bertz CT molecular complexity index is 968. The van der Waals surface area contributed by atoms with Crippen molar-refractivity contribution in [1.82, 2.24) is 15.0 Å². The number of aromatic nitrogens is 2. The van der Waals surface area contributed by atoms with Gasteiger partial charge in [-0.15, -0.1) is 11.3 Å². The van der Waals surface area contributed by atoms with Crippen LogP contribution in [0.25, 0.3) is 10.7 Å². The Hall–Kier alpha value is -2.67. The summed E-state index contributed by atoms with van der Waals surface area (Å²) in [5, 5.41) is 5.98. The number of thiophene rings is 1. The van der Waals surface area contributed by atoms with E-state index in [1.165, 1.54) is 24.0 Å². The number of carbonyl (C=O) groups excluding carboxylic acids is 1. The van der Waals surface area contributed by atoms with Crippen molar-refractivity contribution in [2.24, 2.45) is 0 Å². The molecule has 0 saturated carbocycles. The van der Waals surface area contributed by atoms with Crippen LogP contribution in [0.4, 0.5) is 0 Å². The minimum atomic E-state index is -0.587. The van der Waals surface area contributed by atoms with Gasteiger partial charge in [0.1, 0.15) is 12.3 Å². The molecular formula is C22H25N3O3S. The monoisotopic (exact) mass is 411 g/mol. The third-order valence-corrected chi connectivity index (χ3v) is 6.08. The number of amides is 1. The third kappa shape index (κ3) is 4.50. The van der Waals surface area contributed by atoms with E-state index in [9.17, 15) is 4.79 Å². The van der Waals surface area contributed by atoms with E-state index in [1.54, 1.807) is 23.2 Å². The van der Waals surface area contributed by atoms with Gasteiger partial charge in [0, 0.05) is 6.54 Å². The maximum Gasteiger partial charge on any atom is 0.263 e. The first-order chi connectivity index (χ1) is 14.1. The molecule has 3 aromatic rings. The fourth-order valence-corrected chi connectivity index (χ4v) is 4.28. The first-order valence-corrected chi connectivity index (χ1v) is 11.0. The summed E-state index contributed by atoms with van der Waals surface area (Å²) in [6.45, 7) is 4.52. The van der Waals surface area contributed by atoms with Crippen LogP contribution >= 0.6 is 11.3 Å². The number of ether oxygens (including phenoxy) is 1. The molecule has 6 nitrogen and oxygen atoms in total. The Morgan fingerprint density at radius 2 is 2.10 bits per heavy atom. The van der Waals surface area contributed by atoms with Crippen LogP contribution in [-0.2, 0) is 24.2 Å². The van der Waals surface area contributed by atoms with Crippen LogP contribution in [0.15, 0.2) is 40.2 Å². The van der Waals surface area contributed by atoms with Gasteiger partial charge in [0.05, 0.1) is 4.88 Å². The van der Waals surface area contributed by atoms with E-state index >= 15 is 0 Å². The minimum Gasteiger partial charge on any atom is -0.481 e. The summed E-state index contributed by atoms with van der Waals surface area (Å²) < 4.78 is 11.3. The second kappa shape index (κ2) is 8.78. The van der Waals surface area contributed by atoms with Crippen molar-refractivity contribution in [3.8, 4) is 16.5 Å². The van der Waals surface area contributed by atoms with Crippen molar-refractivity contribution in [1.29, 1.82) is 0 Å². The number of hydrogen-bond donors (Lipinski definition) is 0. The molecule has 0 radical (unpaired) electrons. The van der Waals surface area contributed by atoms with Crippen molar-refractivity contribution in [2.75, 3.05) is 6.54 Å². The largest absolute Gasteiger partial charge is 0.481 e. The molecule has 4 rings (SSSR count). The molecule has 0 fully saturated rings. The van der Waals surface area contributed by atoms with E-state index in [0.29, 0.717) is 18.3 Å². The van der Waals surface area contributed by atoms with Crippen molar-refractivity contribution in [3.05, 3.63) is 52.7 Å². The average Bonchev–Trinajstić information content (AvgIpc) is 3.43. The molecule has 1 atom stereocenters. The molecule has 0 N–H and O–H groups in total. The van der Waals surface area contributed by atoms with Gasteiger partial charge in [-0.05, 0) is 74.2 Å². The van der Waals surface area contributed by atoms with Gasteiger partial charge >= 0.3 is 0 Å². The van der Waals surface area contributed by atoms with Crippen molar-refractivity contribution < 1.29 is 14.1 Å². The van der Waals surface area contributed by atoms with E-state index in [-0.39, 0.29) is 12.5 Å². The second-order valence-electron chi connectivity index (χ2n) is 7.24. The Kier molecular flexibility index (Phi) is 5.94. The quantitative estimate of drug-likeness (QED) is 0.573. The van der Waals surface area contributed by atoms with Crippen LogP contribution in [0.3, 0.4) is 0 Å². The summed E-state index contributed by atoms with van der Waals surface area (Å²) in [6, 6.07) is 10.1. The molecule has 7 heteroatoms. The number of hydrogen-bond acceptors (Lipinski definition) is 6. The van der Waals surface area contributed by atoms with Gasteiger partial charge in [0.15, 0.2) is 6.10 Å². The molecule has 29 heavy (non-hydrogen) atoms. The fourth-order valence-electron chi connectivity index (χ4n) is 3.63. The van der Waals surface area contributed by atoms with E-state index in [1.807, 2.05) is 30.5 Å². The number of nitrogens with zero attached hydrogens (tertiary/aromatic N) is 3. The van der Waals surface area contributed by atoms with E-state index in [0.717, 1.165) is 23.5 Å². The molecule has 0 bridgehead atoms. The Morgan fingerprint density at radius 1 is 1.28 bits per heavy atom. The number of aryl methyl sites for hydroxylation is 2. The Balaban J connectivity index is 1.40. The lowest BCUT2D eigenvalue weighted by atomic mass is 9.92. The lowest BCUT2D eigenvalue weighted by Crippen LogP contribution is -2.40. The highest BCUT2D eigenvalue weighted by molar-refractivity contribution is 7.13. The molecule has 0 saturated heterocycles. The molecular weight excluding hydrogens is 386 g/mol. The zero-order valence-corrected chi connectivity index (χ0v) is 17.6. The lowest BCUT2D eigenvalue weighted by molar-refractivity contribution is -0.138. The van der Waals surface area contributed by atoms with Crippen LogP contribution in [0, 0.1) is 0 Å². The van der Waals surface area contributed by atoms with Gasteiger partial charge in [-0.2, -0.15) is 4.98 Å². The van der Waals surface area contributed by atoms with Gasteiger partial charge in [0.25, 0.3) is 5.91 Å². The third-order valence-electron chi connectivity index (χ3n) is 5.21. The SMILES string of the molecule is CCN(Cc1nc(-c2cccs2)no1)C(=O)C(C)Oc1ccc2c(c1)CCCC2. The predicted molar refractivity (Wildman–Crippen MR) is 112 cm³/mol. The molecule has 2 heterocycles. The number of carbonyl (C=O) groups is 1. The summed E-state index contributed by atoms with van der Waals surface area (Å²) in [6.07, 6.45) is 4.09. The van der Waals surface area contributed by atoms with Gasteiger partial charge in [-0.25, -0.2) is 0 Å². The smallest absolute Gasteiger partial charge is 0.263 e. The topological polar surface area (TPSA) is 68.5 Å². The number of rotatable bonds is 7. The van der Waals surface area contributed by atoms with E-state index in [4.69, 9.17) is 9.26 Å². The summed E-state index contributed by atoms with van der Waals surface area (Å²) in [7, 11) is 0. The van der Waals surface area contributed by atoms with Crippen molar-refractivity contribution in [3.63, 3.8) is 0 Å². The lowest BCUT2D eigenvalue weighted by Gasteiger charge is -2.24. The number of benzene rings is 1. The zero-order chi connectivity index (χ0) is 20.2. The Labute approximate surface area is 174 Å². The van der Waals surface area contributed by atoms with E-state index in [2.05, 4.69) is 22.3 Å². The predicted octanol–water partition coefficient (Wildman–Crippen LogP) is 4.49. The van der Waals surface area contributed by atoms with Crippen LogP contribution in [-0.4, -0.2) is 33.6 Å². The summed E-state index contributed by atoms with van der Waals surface area (Å²) in [5.41, 5.74) is 2.74. The van der Waals surface area contributed by atoms with Crippen LogP contribution in [0.5, 0.6) is 5.75 Å². The number of likely N-dealkylation sites (N-methyl/N-ethyl adjacent to an activating group) is 1. The van der Waals surface area contributed by atoms with E-state index < -0.39 is 6.10 Å². The number of fused-ring (bicyclic) bond motifs is 1. The molecule has 152 valence electrons. The van der Waals surface area contributed by atoms with Gasteiger partial charge < -0.3 is 14.2 Å². The Morgan fingerprint density at radius 3 is 2.86 bits per heavy atom. The van der Waals surface area contributed by atoms with Gasteiger partial charge in [-0.1, -0.05) is 17.3 Å². The summed E-state index contributed by atoms with van der Waals surface area (Å²) in [4.78, 5) is 20.0. The fraction of sp³-hybridized carbons (Fsp3) is 0.409. The molecule has 0 spiro atoms. The zero-order valence-electron chi connectivity index (χ0n) is 16.8. The second-order valence-corrected chi connectivity index (χ2v) is 8.19. The average molecular weight is 412 g/mol. The molecule has 1 aliphatic carbocycles. The summed E-state index contributed by atoms with van der Waals surface area (Å²) >= 11 is 1.55. The highest BCUT2D eigenvalue weighted by Crippen LogP contribution is 2.26. The first kappa shape index (κ1) is 19.6. The normalized spacial score (nSPS) is 14.3. The molecule has 1 unspecified atom stereocenters. The van der Waals surface area contributed by atoms with Gasteiger partial charge in [-0.3, -0.25) is 4.79 Å². The molecule has 1 aromatic carbocycles. The minimum absolute atomic E-state index is 0.0962. The molecule has 0 aliphatic heterocycles. The highest BCUT2D eigenvalue weighted by atomic mass is 32.1. The maximum absolute atomic E-state index is 12.9. The summed E-state index contributed by atoms with van der Waals surface area (Å²) in [5.74, 6) is 1.63. The van der Waals surface area contributed by atoms with Crippen molar-refractivity contribution >= 4 is 17.2 Å². The maximum atomic E-state index is 12.9. The van der Waals surface area contributed by atoms with Crippen molar-refractivity contribution in [2.45, 2.75) is 52.2 Å². The van der Waals surface area contributed by atoms with Crippen LogP contribution in [0.2, 0.25) is 0 Å². The van der Waals surface area contributed by atoms with Crippen LogP contribution < -0.4 is 4.74 Å². The highest BCUT2D eigenvalue weighted by Gasteiger charge is 2.24. The molecule has 1 aliphatic rings. The first-order valence-electron chi connectivity index (χ1n) is 10.1. The van der Waals surface area contributed by atoms with Crippen LogP contribution in [0.1, 0.15) is 43.7 Å². The molecule has 1 amide bonds. The molecule has 2 aromatic heterocycles. The standard InChI is InChI=1S/C22H25N3O3S/c1-3-25(14-20-23-21(24-28-20)19-9-6-12-29-19)22(26)15(2)27-18-11-10-16-7-4-5-8-17(16)13-18/h6,9-13,15H,3-5,7-8,14H2,1-2H3. The van der Waals surface area contributed by atoms with Gasteiger partial charge in [0.2, 0.25) is 11.7 Å².